The lowest BCUT2D eigenvalue weighted by molar-refractivity contribution is 0.0735. The highest BCUT2D eigenvalue weighted by Gasteiger charge is 2.30. The van der Waals surface area contributed by atoms with Gasteiger partial charge in [0, 0.05) is 30.1 Å². The summed E-state index contributed by atoms with van der Waals surface area (Å²) in [6, 6.07) is 19.6. The molecule has 5 heteroatoms. The van der Waals surface area contributed by atoms with Gasteiger partial charge >= 0.3 is 0 Å². The lowest BCUT2D eigenvalue weighted by atomic mass is 10.0. The third-order valence-corrected chi connectivity index (χ3v) is 5.31. The minimum absolute atomic E-state index is 0.0288. The van der Waals surface area contributed by atoms with Crippen molar-refractivity contribution < 1.29 is 14.3 Å². The summed E-state index contributed by atoms with van der Waals surface area (Å²) < 4.78 is 11.7. The maximum atomic E-state index is 13.3. The molecule has 154 valence electrons. The Morgan fingerprint density at radius 3 is 2.70 bits per heavy atom. The summed E-state index contributed by atoms with van der Waals surface area (Å²) in [5, 5.41) is 0. The normalized spacial score (nSPS) is 15.8. The molecule has 1 atom stereocenters. The van der Waals surface area contributed by atoms with Crippen LogP contribution in [-0.2, 0) is 6.61 Å². The van der Waals surface area contributed by atoms with Gasteiger partial charge in [-0.05, 0) is 49.6 Å². The molecule has 1 saturated heterocycles. The quantitative estimate of drug-likeness (QED) is 0.556. The van der Waals surface area contributed by atoms with Crippen LogP contribution in [0.4, 0.5) is 0 Å². The Labute approximate surface area is 177 Å². The van der Waals surface area contributed by atoms with Crippen molar-refractivity contribution in [2.24, 2.45) is 0 Å². The molecule has 1 aliphatic rings. The Hall–Kier alpha value is -3.34. The number of likely N-dealkylation sites (tertiary alicyclic amines) is 1. The van der Waals surface area contributed by atoms with Crippen LogP contribution < -0.4 is 9.47 Å². The van der Waals surface area contributed by atoms with Gasteiger partial charge in [-0.25, -0.2) is 0 Å². The van der Waals surface area contributed by atoms with Crippen molar-refractivity contribution in [2.75, 3.05) is 13.2 Å². The van der Waals surface area contributed by atoms with Gasteiger partial charge in [0.1, 0.15) is 6.61 Å². The highest BCUT2D eigenvalue weighted by molar-refractivity contribution is 5.95. The average Bonchev–Trinajstić information content (AvgIpc) is 3.29. The van der Waals surface area contributed by atoms with Crippen LogP contribution >= 0.6 is 0 Å². The Morgan fingerprint density at radius 1 is 1.07 bits per heavy atom. The number of nitrogens with zero attached hydrogens (tertiary/aromatic N) is 2. The maximum absolute atomic E-state index is 13.3. The van der Waals surface area contributed by atoms with Crippen molar-refractivity contribution in [2.45, 2.75) is 32.4 Å². The highest BCUT2D eigenvalue weighted by Crippen LogP contribution is 2.35. The molecule has 0 aliphatic carbocycles. The van der Waals surface area contributed by atoms with Gasteiger partial charge in [-0.3, -0.25) is 9.78 Å². The smallest absolute Gasteiger partial charge is 0.254 e. The molecule has 2 aromatic carbocycles. The second-order valence-corrected chi connectivity index (χ2v) is 7.31. The van der Waals surface area contributed by atoms with E-state index in [-0.39, 0.29) is 11.9 Å². The van der Waals surface area contributed by atoms with Gasteiger partial charge in [0.15, 0.2) is 11.5 Å². The van der Waals surface area contributed by atoms with E-state index in [4.69, 9.17) is 9.47 Å². The summed E-state index contributed by atoms with van der Waals surface area (Å²) in [5.74, 6) is 1.24. The molecule has 0 radical (unpaired) electrons. The number of ether oxygens (including phenoxy) is 2. The number of aromatic nitrogens is 1. The number of pyridine rings is 1. The molecular weight excluding hydrogens is 376 g/mol. The molecule has 1 amide bonds. The molecule has 0 spiro atoms. The van der Waals surface area contributed by atoms with Crippen LogP contribution in [0, 0.1) is 0 Å². The Bertz CT molecular complexity index is 976. The number of hydrogen-bond acceptors (Lipinski definition) is 4. The number of amides is 1. The van der Waals surface area contributed by atoms with Crippen molar-refractivity contribution >= 4 is 5.91 Å². The molecule has 0 N–H and O–H groups in total. The van der Waals surface area contributed by atoms with Gasteiger partial charge in [0.05, 0.1) is 12.6 Å². The molecule has 0 bridgehead atoms. The first kappa shape index (κ1) is 20.0. The first-order valence-electron chi connectivity index (χ1n) is 10.4. The summed E-state index contributed by atoms with van der Waals surface area (Å²) in [6.45, 7) is 3.58. The summed E-state index contributed by atoms with van der Waals surface area (Å²) in [4.78, 5) is 19.4. The van der Waals surface area contributed by atoms with Crippen LogP contribution in [0.5, 0.6) is 11.5 Å². The second-order valence-electron chi connectivity index (χ2n) is 7.31. The Morgan fingerprint density at radius 2 is 1.93 bits per heavy atom. The van der Waals surface area contributed by atoms with Gasteiger partial charge in [-0.2, -0.15) is 0 Å². The molecule has 1 aliphatic heterocycles. The van der Waals surface area contributed by atoms with Gasteiger partial charge in [-0.15, -0.1) is 0 Å². The molecule has 2 heterocycles. The van der Waals surface area contributed by atoms with E-state index in [1.54, 1.807) is 18.5 Å². The van der Waals surface area contributed by atoms with E-state index >= 15 is 0 Å². The van der Waals surface area contributed by atoms with Crippen LogP contribution in [0.1, 0.15) is 47.3 Å². The first-order chi connectivity index (χ1) is 14.8. The molecule has 0 saturated carbocycles. The number of carbonyl (C=O) groups is 1. The number of rotatable bonds is 7. The van der Waals surface area contributed by atoms with Gasteiger partial charge < -0.3 is 14.4 Å². The van der Waals surface area contributed by atoms with Gasteiger partial charge in [0.2, 0.25) is 0 Å². The van der Waals surface area contributed by atoms with Gasteiger partial charge in [0.25, 0.3) is 5.91 Å². The summed E-state index contributed by atoms with van der Waals surface area (Å²) >= 11 is 0. The van der Waals surface area contributed by atoms with Crippen molar-refractivity contribution in [1.82, 2.24) is 9.88 Å². The predicted octanol–water partition coefficient (Wildman–Crippen LogP) is 5.04. The summed E-state index contributed by atoms with van der Waals surface area (Å²) in [6.07, 6.45) is 5.50. The molecule has 1 aromatic heterocycles. The van der Waals surface area contributed by atoms with E-state index in [0.717, 1.165) is 24.9 Å². The largest absolute Gasteiger partial charge is 0.490 e. The number of benzene rings is 2. The van der Waals surface area contributed by atoms with Crippen molar-refractivity contribution in [3.8, 4) is 11.5 Å². The van der Waals surface area contributed by atoms with E-state index in [9.17, 15) is 4.79 Å². The minimum atomic E-state index is 0.0288. The molecular formula is C25H26N2O3. The molecule has 5 nitrogen and oxygen atoms in total. The average molecular weight is 402 g/mol. The zero-order valence-corrected chi connectivity index (χ0v) is 17.2. The van der Waals surface area contributed by atoms with Crippen LogP contribution in [0.15, 0.2) is 73.1 Å². The Kier molecular flexibility index (Phi) is 6.28. The van der Waals surface area contributed by atoms with Crippen molar-refractivity contribution in [3.63, 3.8) is 0 Å². The highest BCUT2D eigenvalue weighted by atomic mass is 16.5. The number of carbonyl (C=O) groups excluding carboxylic acids is 1. The van der Waals surface area contributed by atoms with E-state index in [1.807, 2.05) is 54.3 Å². The van der Waals surface area contributed by atoms with Crippen LogP contribution in [0.3, 0.4) is 0 Å². The lowest BCUT2D eigenvalue weighted by Gasteiger charge is -2.25. The summed E-state index contributed by atoms with van der Waals surface area (Å²) in [7, 11) is 0. The van der Waals surface area contributed by atoms with Crippen LogP contribution in [-0.4, -0.2) is 28.9 Å². The molecule has 3 aromatic rings. The van der Waals surface area contributed by atoms with E-state index < -0.39 is 0 Å². The zero-order valence-electron chi connectivity index (χ0n) is 17.2. The maximum Gasteiger partial charge on any atom is 0.254 e. The molecule has 30 heavy (non-hydrogen) atoms. The summed E-state index contributed by atoms with van der Waals surface area (Å²) in [5.41, 5.74) is 2.78. The lowest BCUT2D eigenvalue weighted by Crippen LogP contribution is -2.30. The van der Waals surface area contributed by atoms with E-state index in [0.29, 0.717) is 30.3 Å². The number of hydrogen-bond donors (Lipinski definition) is 0. The fourth-order valence-corrected chi connectivity index (χ4v) is 3.87. The SMILES string of the molecule is CCOc1cc(C(=O)N2CCCC2c2ccccc2)ccc1OCc1cccnc1. The Balaban J connectivity index is 1.53. The standard InChI is InChI=1S/C25H26N2O3/c1-2-29-24-16-21(12-13-23(24)30-18-19-8-6-14-26-17-19)25(28)27-15-7-11-22(27)20-9-4-3-5-10-20/h3-6,8-10,12-14,16-17,22H,2,7,11,15,18H2,1H3. The molecule has 1 unspecified atom stereocenters. The third-order valence-electron chi connectivity index (χ3n) is 5.31. The fourth-order valence-electron chi connectivity index (χ4n) is 3.87. The predicted molar refractivity (Wildman–Crippen MR) is 116 cm³/mol. The topological polar surface area (TPSA) is 51.7 Å². The fraction of sp³-hybridized carbons (Fsp3) is 0.280. The molecule has 4 rings (SSSR count). The monoisotopic (exact) mass is 402 g/mol. The van der Waals surface area contributed by atoms with Gasteiger partial charge in [-0.1, -0.05) is 36.4 Å². The third kappa shape index (κ3) is 4.46. The zero-order chi connectivity index (χ0) is 20.8. The van der Waals surface area contributed by atoms with Crippen molar-refractivity contribution in [3.05, 3.63) is 89.7 Å². The van der Waals surface area contributed by atoms with Crippen LogP contribution in [0.25, 0.3) is 0 Å². The van der Waals surface area contributed by atoms with E-state index in [2.05, 4.69) is 17.1 Å². The van der Waals surface area contributed by atoms with E-state index in [1.165, 1.54) is 5.56 Å². The molecule has 1 fully saturated rings. The minimum Gasteiger partial charge on any atom is -0.490 e. The van der Waals surface area contributed by atoms with Crippen molar-refractivity contribution in [1.29, 1.82) is 0 Å². The van der Waals surface area contributed by atoms with Crippen LogP contribution in [0.2, 0.25) is 0 Å². The first-order valence-corrected chi connectivity index (χ1v) is 10.4. The second kappa shape index (κ2) is 9.44.